The quantitative estimate of drug-likeness (QED) is 0.490. The number of pyridine rings is 2. The standard InChI is InChI=1S/C15H16N4.C12H17N3/c1-10-13(12-8-18-19(3)9-12)5-4-11-7-17-15(16-2)6-14(10)11;1-3-11-4-5-13-12(10-11)15-8-6-14(2)7-9-15/h4-9H,1-3H3,(H,16,17);3-5,10H,1,6-9H2,2H3. The lowest BCUT2D eigenvalue weighted by molar-refractivity contribution is 0.312. The van der Waals surface area contributed by atoms with Crippen LogP contribution < -0.4 is 10.2 Å². The van der Waals surface area contributed by atoms with E-state index < -0.39 is 0 Å². The van der Waals surface area contributed by atoms with E-state index in [1.807, 2.05) is 55.7 Å². The van der Waals surface area contributed by atoms with Gasteiger partial charge in [-0.3, -0.25) is 4.68 Å². The first-order valence-electron chi connectivity index (χ1n) is 11.6. The van der Waals surface area contributed by atoms with Crippen LogP contribution in [0.3, 0.4) is 0 Å². The summed E-state index contributed by atoms with van der Waals surface area (Å²) in [5, 5.41) is 9.70. The Kier molecular flexibility index (Phi) is 7.23. The Morgan fingerprint density at radius 1 is 1.00 bits per heavy atom. The Bertz CT molecular complexity index is 1270. The van der Waals surface area contributed by atoms with Gasteiger partial charge in [0, 0.05) is 69.8 Å². The zero-order chi connectivity index (χ0) is 24.1. The van der Waals surface area contributed by atoms with Crippen LogP contribution in [0.5, 0.6) is 0 Å². The van der Waals surface area contributed by atoms with Gasteiger partial charge >= 0.3 is 0 Å². The van der Waals surface area contributed by atoms with Crippen molar-refractivity contribution in [3.8, 4) is 11.1 Å². The molecule has 0 aliphatic carbocycles. The predicted octanol–water partition coefficient (Wildman–Crippen LogP) is 4.46. The number of fused-ring (bicyclic) bond motifs is 1. The summed E-state index contributed by atoms with van der Waals surface area (Å²) in [6, 6.07) is 10.4. The summed E-state index contributed by atoms with van der Waals surface area (Å²) in [7, 11) is 5.97. The van der Waals surface area contributed by atoms with Gasteiger partial charge in [0.15, 0.2) is 0 Å². The fraction of sp³-hybridized carbons (Fsp3) is 0.296. The van der Waals surface area contributed by atoms with E-state index in [9.17, 15) is 0 Å². The normalized spacial score (nSPS) is 13.9. The van der Waals surface area contributed by atoms with Crippen molar-refractivity contribution in [2.45, 2.75) is 6.92 Å². The fourth-order valence-corrected chi connectivity index (χ4v) is 4.15. The first kappa shape index (κ1) is 23.4. The van der Waals surface area contributed by atoms with Gasteiger partial charge in [-0.2, -0.15) is 5.10 Å². The molecule has 0 atom stereocenters. The third-order valence-corrected chi connectivity index (χ3v) is 6.28. The first-order valence-corrected chi connectivity index (χ1v) is 11.6. The summed E-state index contributed by atoms with van der Waals surface area (Å²) < 4.78 is 1.82. The van der Waals surface area contributed by atoms with Crippen molar-refractivity contribution in [3.63, 3.8) is 0 Å². The summed E-state index contributed by atoms with van der Waals surface area (Å²) in [5.41, 5.74) is 4.75. The summed E-state index contributed by atoms with van der Waals surface area (Å²) in [6.45, 7) is 10.3. The van der Waals surface area contributed by atoms with Crippen LogP contribution in [0.2, 0.25) is 0 Å². The van der Waals surface area contributed by atoms with E-state index >= 15 is 0 Å². The second-order valence-electron chi connectivity index (χ2n) is 8.62. The zero-order valence-electron chi connectivity index (χ0n) is 20.5. The number of rotatable bonds is 4. The second kappa shape index (κ2) is 10.5. The van der Waals surface area contributed by atoms with Crippen LogP contribution in [0, 0.1) is 6.92 Å². The molecule has 7 heteroatoms. The van der Waals surface area contributed by atoms with E-state index in [0.29, 0.717) is 0 Å². The molecule has 1 aliphatic heterocycles. The van der Waals surface area contributed by atoms with Gasteiger partial charge in [0.05, 0.1) is 6.20 Å². The Labute approximate surface area is 201 Å². The number of aromatic nitrogens is 4. The first-order chi connectivity index (χ1) is 16.5. The van der Waals surface area contributed by atoms with Crippen LogP contribution in [0.4, 0.5) is 11.6 Å². The number of nitrogens with one attached hydrogen (secondary N) is 1. The molecule has 1 aliphatic rings. The average molecular weight is 456 g/mol. The Balaban J connectivity index is 0.000000166. The lowest BCUT2D eigenvalue weighted by Crippen LogP contribution is -2.44. The molecule has 0 saturated carbocycles. The number of anilines is 2. The van der Waals surface area contributed by atoms with E-state index in [1.54, 1.807) is 0 Å². The highest BCUT2D eigenvalue weighted by atomic mass is 15.3. The molecule has 1 fully saturated rings. The van der Waals surface area contributed by atoms with Crippen molar-refractivity contribution in [2.24, 2.45) is 7.05 Å². The van der Waals surface area contributed by atoms with Crippen molar-refractivity contribution in [1.29, 1.82) is 0 Å². The van der Waals surface area contributed by atoms with E-state index in [1.165, 1.54) is 16.5 Å². The summed E-state index contributed by atoms with van der Waals surface area (Å²) in [5.74, 6) is 1.96. The Morgan fingerprint density at radius 3 is 2.47 bits per heavy atom. The lowest BCUT2D eigenvalue weighted by Gasteiger charge is -2.33. The SMILES string of the molecule is C=Cc1ccnc(N2CCN(C)CC2)c1.CNc1cc2c(C)c(-c3cnn(C)c3)ccc2cn1. The third-order valence-electron chi connectivity index (χ3n) is 6.28. The fourth-order valence-electron chi connectivity index (χ4n) is 4.15. The van der Waals surface area contributed by atoms with E-state index in [2.05, 4.69) is 75.0 Å². The maximum Gasteiger partial charge on any atom is 0.129 e. The van der Waals surface area contributed by atoms with Crippen molar-refractivity contribution >= 4 is 28.5 Å². The van der Waals surface area contributed by atoms with Crippen LogP contribution in [-0.4, -0.2) is 64.9 Å². The van der Waals surface area contributed by atoms with Crippen molar-refractivity contribution < 1.29 is 0 Å². The monoisotopic (exact) mass is 455 g/mol. The minimum absolute atomic E-state index is 0.888. The highest BCUT2D eigenvalue weighted by Crippen LogP contribution is 2.30. The van der Waals surface area contributed by atoms with Crippen LogP contribution in [0.1, 0.15) is 11.1 Å². The second-order valence-corrected chi connectivity index (χ2v) is 8.62. The molecule has 7 nitrogen and oxygen atoms in total. The summed E-state index contributed by atoms with van der Waals surface area (Å²) in [4.78, 5) is 13.4. The van der Waals surface area contributed by atoms with Gasteiger partial charge in [0.2, 0.25) is 0 Å². The van der Waals surface area contributed by atoms with Gasteiger partial charge in [-0.05, 0) is 54.2 Å². The summed E-state index contributed by atoms with van der Waals surface area (Å²) in [6.07, 6.45) is 9.55. The molecule has 0 bridgehead atoms. The molecule has 0 radical (unpaired) electrons. The molecule has 4 aromatic rings. The molecule has 1 saturated heterocycles. The average Bonchev–Trinajstić information content (AvgIpc) is 3.31. The minimum Gasteiger partial charge on any atom is -0.373 e. The smallest absolute Gasteiger partial charge is 0.129 e. The predicted molar refractivity (Wildman–Crippen MR) is 142 cm³/mol. The zero-order valence-corrected chi connectivity index (χ0v) is 20.5. The molecule has 4 heterocycles. The van der Waals surface area contributed by atoms with Gasteiger partial charge in [0.1, 0.15) is 11.6 Å². The Hall–Kier alpha value is -3.71. The van der Waals surface area contributed by atoms with Crippen molar-refractivity contribution in [1.82, 2.24) is 24.6 Å². The Morgan fingerprint density at radius 2 is 1.79 bits per heavy atom. The van der Waals surface area contributed by atoms with E-state index in [-0.39, 0.29) is 0 Å². The van der Waals surface area contributed by atoms with E-state index in [0.717, 1.165) is 54.3 Å². The molecular formula is C27H33N7. The van der Waals surface area contributed by atoms with Crippen LogP contribution >= 0.6 is 0 Å². The highest BCUT2D eigenvalue weighted by Gasteiger charge is 2.15. The molecule has 1 aromatic carbocycles. The van der Waals surface area contributed by atoms with Gasteiger partial charge in [0.25, 0.3) is 0 Å². The topological polar surface area (TPSA) is 62.1 Å². The molecule has 0 amide bonds. The maximum absolute atomic E-state index is 4.40. The molecule has 5 rings (SSSR count). The molecule has 0 spiro atoms. The number of piperazine rings is 1. The van der Waals surface area contributed by atoms with Crippen LogP contribution in [0.25, 0.3) is 28.0 Å². The van der Waals surface area contributed by atoms with Gasteiger partial charge in [-0.15, -0.1) is 0 Å². The molecule has 3 aromatic heterocycles. The number of likely N-dealkylation sites (N-methyl/N-ethyl adjacent to an activating group) is 1. The number of nitrogens with zero attached hydrogens (tertiary/aromatic N) is 6. The van der Waals surface area contributed by atoms with Gasteiger partial charge in [-0.25, -0.2) is 9.97 Å². The number of aryl methyl sites for hydroxylation is 2. The molecule has 176 valence electrons. The van der Waals surface area contributed by atoms with Crippen molar-refractivity contribution in [2.75, 3.05) is 50.5 Å². The molecule has 1 N–H and O–H groups in total. The maximum atomic E-state index is 4.40. The number of benzene rings is 1. The number of hydrogen-bond acceptors (Lipinski definition) is 6. The van der Waals surface area contributed by atoms with Gasteiger partial charge < -0.3 is 15.1 Å². The largest absolute Gasteiger partial charge is 0.373 e. The summed E-state index contributed by atoms with van der Waals surface area (Å²) >= 11 is 0. The minimum atomic E-state index is 0.888. The van der Waals surface area contributed by atoms with E-state index in [4.69, 9.17) is 0 Å². The van der Waals surface area contributed by atoms with Crippen LogP contribution in [0.15, 0.2) is 61.7 Å². The van der Waals surface area contributed by atoms with Gasteiger partial charge in [-0.1, -0.05) is 24.8 Å². The number of hydrogen-bond donors (Lipinski definition) is 1. The molecular weight excluding hydrogens is 422 g/mol. The van der Waals surface area contributed by atoms with Crippen molar-refractivity contribution in [3.05, 3.63) is 72.8 Å². The third kappa shape index (κ3) is 5.26. The molecule has 34 heavy (non-hydrogen) atoms. The highest BCUT2D eigenvalue weighted by molar-refractivity contribution is 5.92. The molecule has 0 unspecified atom stereocenters. The van der Waals surface area contributed by atoms with Crippen LogP contribution in [-0.2, 0) is 7.05 Å². The lowest BCUT2D eigenvalue weighted by atomic mass is 9.98.